The maximum absolute atomic E-state index is 4.43. The van der Waals surface area contributed by atoms with Crippen LogP contribution in [0.5, 0.6) is 0 Å². The summed E-state index contributed by atoms with van der Waals surface area (Å²) in [7, 11) is 0. The molecule has 0 aliphatic carbocycles. The Labute approximate surface area is 131 Å². The lowest BCUT2D eigenvalue weighted by Crippen LogP contribution is -2.14. The second kappa shape index (κ2) is 8.15. The summed E-state index contributed by atoms with van der Waals surface area (Å²) in [6.07, 6.45) is 4.98. The first-order valence-electron chi connectivity index (χ1n) is 7.39. The molecular formula is C17H23N3S. The van der Waals surface area contributed by atoms with Crippen LogP contribution >= 0.6 is 11.8 Å². The van der Waals surface area contributed by atoms with Crippen molar-refractivity contribution in [1.29, 1.82) is 0 Å². The van der Waals surface area contributed by atoms with E-state index in [0.717, 1.165) is 36.0 Å². The van der Waals surface area contributed by atoms with Gasteiger partial charge in [0, 0.05) is 30.3 Å². The number of nitrogens with one attached hydrogen (secondary N) is 1. The molecule has 2 rings (SSSR count). The fourth-order valence-electron chi connectivity index (χ4n) is 2.22. The molecule has 0 atom stereocenters. The Bertz CT molecular complexity index is 546. The van der Waals surface area contributed by atoms with E-state index in [2.05, 4.69) is 54.3 Å². The van der Waals surface area contributed by atoms with Gasteiger partial charge in [0.05, 0.1) is 0 Å². The van der Waals surface area contributed by atoms with Crippen LogP contribution in [0.4, 0.5) is 0 Å². The molecular weight excluding hydrogens is 278 g/mol. The normalized spacial score (nSPS) is 10.8. The molecule has 21 heavy (non-hydrogen) atoms. The first kappa shape index (κ1) is 16.0. The zero-order valence-electron chi connectivity index (χ0n) is 13.0. The van der Waals surface area contributed by atoms with Crippen molar-refractivity contribution < 1.29 is 0 Å². The van der Waals surface area contributed by atoms with E-state index in [4.69, 9.17) is 0 Å². The van der Waals surface area contributed by atoms with Crippen LogP contribution in [-0.4, -0.2) is 16.5 Å². The van der Waals surface area contributed by atoms with Gasteiger partial charge in [-0.15, -0.1) is 0 Å². The van der Waals surface area contributed by atoms with E-state index >= 15 is 0 Å². The van der Waals surface area contributed by atoms with E-state index in [9.17, 15) is 0 Å². The van der Waals surface area contributed by atoms with Gasteiger partial charge in [0.2, 0.25) is 0 Å². The van der Waals surface area contributed by atoms with Gasteiger partial charge in [-0.2, -0.15) is 0 Å². The van der Waals surface area contributed by atoms with Crippen LogP contribution in [0.1, 0.15) is 35.6 Å². The molecule has 0 amide bonds. The number of rotatable bonds is 7. The second-order valence-electron chi connectivity index (χ2n) is 5.34. The lowest BCUT2D eigenvalue weighted by Gasteiger charge is -2.05. The fourth-order valence-corrected chi connectivity index (χ4v) is 2.94. The lowest BCUT2D eigenvalue weighted by molar-refractivity contribution is 0.669. The summed E-state index contributed by atoms with van der Waals surface area (Å²) < 4.78 is 0. The molecule has 1 aromatic carbocycles. The zero-order chi connectivity index (χ0) is 15.1. The van der Waals surface area contributed by atoms with Crippen LogP contribution in [-0.2, 0) is 12.3 Å². The summed E-state index contributed by atoms with van der Waals surface area (Å²) in [5, 5.41) is 4.20. The minimum atomic E-state index is 0.841. The molecule has 0 saturated heterocycles. The van der Waals surface area contributed by atoms with E-state index < -0.39 is 0 Å². The largest absolute Gasteiger partial charge is 0.313 e. The summed E-state index contributed by atoms with van der Waals surface area (Å²) in [4.78, 5) is 8.86. The Balaban J connectivity index is 1.88. The molecule has 0 aliphatic rings. The van der Waals surface area contributed by atoms with Crippen molar-refractivity contribution in [2.75, 3.05) is 6.54 Å². The molecule has 0 bridgehead atoms. The van der Waals surface area contributed by atoms with E-state index in [0.29, 0.717) is 0 Å². The predicted molar refractivity (Wildman–Crippen MR) is 89.5 cm³/mol. The molecule has 0 fully saturated rings. The number of aromatic nitrogens is 2. The quantitative estimate of drug-likeness (QED) is 0.478. The third kappa shape index (κ3) is 5.48. The second-order valence-corrected chi connectivity index (χ2v) is 6.28. The molecule has 1 heterocycles. The highest BCUT2D eigenvalue weighted by Gasteiger charge is 2.01. The van der Waals surface area contributed by atoms with Crippen molar-refractivity contribution in [1.82, 2.24) is 15.3 Å². The molecule has 0 unspecified atom stereocenters. The van der Waals surface area contributed by atoms with Crippen molar-refractivity contribution in [2.45, 2.75) is 44.6 Å². The fraction of sp³-hybridized carbons (Fsp3) is 0.412. The number of aryl methyl sites for hydroxylation is 2. The Morgan fingerprint density at radius 1 is 1.00 bits per heavy atom. The molecule has 0 radical (unpaired) electrons. The van der Waals surface area contributed by atoms with Gasteiger partial charge in [-0.1, -0.05) is 48.0 Å². The van der Waals surface area contributed by atoms with Crippen LogP contribution in [0.2, 0.25) is 0 Å². The average molecular weight is 301 g/mol. The van der Waals surface area contributed by atoms with E-state index in [1.54, 1.807) is 11.8 Å². The van der Waals surface area contributed by atoms with Crippen molar-refractivity contribution >= 4 is 11.8 Å². The van der Waals surface area contributed by atoms with Gasteiger partial charge in [0.15, 0.2) is 5.16 Å². The summed E-state index contributed by atoms with van der Waals surface area (Å²) in [6.45, 7) is 8.31. The molecule has 0 aliphatic heterocycles. The highest BCUT2D eigenvalue weighted by molar-refractivity contribution is 7.98. The lowest BCUT2D eigenvalue weighted by atomic mass is 10.1. The van der Waals surface area contributed by atoms with Crippen LogP contribution in [0, 0.1) is 13.8 Å². The third-order valence-electron chi connectivity index (χ3n) is 3.09. The highest BCUT2D eigenvalue weighted by atomic mass is 32.2. The smallest absolute Gasteiger partial charge is 0.187 e. The SMILES string of the molecule is CCCNCc1cnc(SCc2cc(C)cc(C)c2)nc1. The van der Waals surface area contributed by atoms with Crippen LogP contribution in [0.25, 0.3) is 0 Å². The monoisotopic (exact) mass is 301 g/mol. The van der Waals surface area contributed by atoms with Crippen molar-refractivity contribution in [2.24, 2.45) is 0 Å². The minimum Gasteiger partial charge on any atom is -0.313 e. The molecule has 1 N–H and O–H groups in total. The van der Waals surface area contributed by atoms with Crippen LogP contribution in [0.15, 0.2) is 35.7 Å². The maximum Gasteiger partial charge on any atom is 0.187 e. The van der Waals surface area contributed by atoms with Crippen LogP contribution < -0.4 is 5.32 Å². The molecule has 0 spiro atoms. The van der Waals surface area contributed by atoms with Gasteiger partial charge in [0.25, 0.3) is 0 Å². The Morgan fingerprint density at radius 2 is 1.67 bits per heavy atom. The van der Waals surface area contributed by atoms with Gasteiger partial charge in [-0.3, -0.25) is 0 Å². The molecule has 0 saturated carbocycles. The number of hydrogen-bond donors (Lipinski definition) is 1. The third-order valence-corrected chi connectivity index (χ3v) is 4.03. The zero-order valence-corrected chi connectivity index (χ0v) is 13.8. The molecule has 4 heteroatoms. The molecule has 1 aromatic heterocycles. The summed E-state index contributed by atoms with van der Waals surface area (Å²) in [6, 6.07) is 6.65. The highest BCUT2D eigenvalue weighted by Crippen LogP contribution is 2.20. The van der Waals surface area contributed by atoms with Crippen molar-refractivity contribution in [3.63, 3.8) is 0 Å². The summed E-state index contributed by atoms with van der Waals surface area (Å²) in [5.74, 6) is 0.913. The van der Waals surface area contributed by atoms with Crippen LogP contribution in [0.3, 0.4) is 0 Å². The number of benzene rings is 1. The Hall–Kier alpha value is -1.39. The van der Waals surface area contributed by atoms with Gasteiger partial charge in [-0.25, -0.2) is 9.97 Å². The summed E-state index contributed by atoms with van der Waals surface area (Å²) in [5.41, 5.74) is 5.08. The Kier molecular flexibility index (Phi) is 6.21. The van der Waals surface area contributed by atoms with Crippen molar-refractivity contribution in [3.8, 4) is 0 Å². The van der Waals surface area contributed by atoms with Gasteiger partial charge >= 0.3 is 0 Å². The standard InChI is InChI=1S/C17H23N3S/c1-4-5-18-9-16-10-19-17(20-11-16)21-12-15-7-13(2)6-14(3)8-15/h6-8,10-11,18H,4-5,9,12H2,1-3H3. The van der Waals surface area contributed by atoms with E-state index in [1.165, 1.54) is 16.7 Å². The molecule has 2 aromatic rings. The Morgan fingerprint density at radius 3 is 2.29 bits per heavy atom. The van der Waals surface area contributed by atoms with E-state index in [-0.39, 0.29) is 0 Å². The average Bonchev–Trinajstić information content (AvgIpc) is 2.46. The molecule has 3 nitrogen and oxygen atoms in total. The first-order valence-corrected chi connectivity index (χ1v) is 8.37. The van der Waals surface area contributed by atoms with Gasteiger partial charge < -0.3 is 5.32 Å². The van der Waals surface area contributed by atoms with Gasteiger partial charge in [0.1, 0.15) is 0 Å². The predicted octanol–water partition coefficient (Wildman–Crippen LogP) is 3.89. The number of nitrogens with zero attached hydrogens (tertiary/aromatic N) is 2. The first-order chi connectivity index (χ1) is 10.2. The molecule has 112 valence electrons. The van der Waals surface area contributed by atoms with Crippen molar-refractivity contribution in [3.05, 3.63) is 52.8 Å². The topological polar surface area (TPSA) is 37.8 Å². The van der Waals surface area contributed by atoms with Gasteiger partial charge in [-0.05, 0) is 32.4 Å². The summed E-state index contributed by atoms with van der Waals surface area (Å²) >= 11 is 1.69. The maximum atomic E-state index is 4.43. The minimum absolute atomic E-state index is 0.841. The number of thioether (sulfide) groups is 1. The van der Waals surface area contributed by atoms with E-state index in [1.807, 2.05) is 12.4 Å². The number of hydrogen-bond acceptors (Lipinski definition) is 4.